The van der Waals surface area contributed by atoms with Gasteiger partial charge in [-0.2, -0.15) is 5.10 Å². The summed E-state index contributed by atoms with van der Waals surface area (Å²) in [7, 11) is 1.88. The molecular weight excluding hydrogens is 507 g/mol. The molecule has 1 aromatic heterocycles. The van der Waals surface area contributed by atoms with Gasteiger partial charge in [-0.3, -0.25) is 4.68 Å². The standard InChI is InChI=1S/C18H25BrN6.HI/c1-3-20-17(21-11-16-23-13-24-25(16)2)22-12-18(8-5-9-18)14-6-4-7-15(19)10-14;/h4,6-7,10,13H,3,5,8-9,11-12H2,1-2H3,(H2,20,21,22);1H. The van der Waals surface area contributed by atoms with Crippen LogP contribution in [0.2, 0.25) is 0 Å². The predicted octanol–water partition coefficient (Wildman–Crippen LogP) is 3.37. The van der Waals surface area contributed by atoms with E-state index in [1.54, 1.807) is 11.0 Å². The lowest BCUT2D eigenvalue weighted by Crippen LogP contribution is -2.49. The van der Waals surface area contributed by atoms with Gasteiger partial charge < -0.3 is 10.6 Å². The monoisotopic (exact) mass is 532 g/mol. The Hall–Kier alpha value is -1.16. The zero-order valence-corrected chi connectivity index (χ0v) is 19.1. The Morgan fingerprint density at radius 2 is 2.15 bits per heavy atom. The van der Waals surface area contributed by atoms with Crippen molar-refractivity contribution < 1.29 is 0 Å². The molecule has 0 atom stereocenters. The van der Waals surface area contributed by atoms with Gasteiger partial charge in [0.15, 0.2) is 5.96 Å². The van der Waals surface area contributed by atoms with Crippen LogP contribution in [0.15, 0.2) is 40.1 Å². The van der Waals surface area contributed by atoms with Gasteiger partial charge in [0, 0.05) is 30.0 Å². The van der Waals surface area contributed by atoms with Crippen LogP contribution in [-0.4, -0.2) is 33.8 Å². The summed E-state index contributed by atoms with van der Waals surface area (Å²) in [5.41, 5.74) is 1.59. The topological polar surface area (TPSA) is 67.1 Å². The predicted molar refractivity (Wildman–Crippen MR) is 119 cm³/mol. The molecule has 0 saturated heterocycles. The highest BCUT2D eigenvalue weighted by atomic mass is 127. The van der Waals surface area contributed by atoms with Crippen LogP contribution in [0, 0.1) is 0 Å². The molecule has 142 valence electrons. The quantitative estimate of drug-likeness (QED) is 0.340. The number of nitrogens with zero attached hydrogens (tertiary/aromatic N) is 4. The second-order valence-electron chi connectivity index (χ2n) is 6.49. The van der Waals surface area contributed by atoms with Crippen LogP contribution < -0.4 is 10.6 Å². The molecule has 1 aliphatic rings. The minimum atomic E-state index is 0. The number of benzene rings is 1. The average molecular weight is 533 g/mol. The van der Waals surface area contributed by atoms with E-state index in [4.69, 9.17) is 0 Å². The van der Waals surface area contributed by atoms with E-state index in [-0.39, 0.29) is 29.4 Å². The fourth-order valence-corrected chi connectivity index (χ4v) is 3.60. The molecule has 3 rings (SSSR count). The average Bonchev–Trinajstić information content (AvgIpc) is 2.96. The summed E-state index contributed by atoms with van der Waals surface area (Å²) in [4.78, 5) is 8.88. The van der Waals surface area contributed by atoms with Crippen LogP contribution in [0.3, 0.4) is 0 Å². The Balaban J connectivity index is 0.00000243. The van der Waals surface area contributed by atoms with Gasteiger partial charge in [-0.15, -0.1) is 24.0 Å². The van der Waals surface area contributed by atoms with Crippen molar-refractivity contribution in [1.29, 1.82) is 0 Å². The Kier molecular flexibility index (Phi) is 7.87. The number of guanidine groups is 1. The Labute approximate surface area is 180 Å². The van der Waals surface area contributed by atoms with E-state index in [0.717, 1.165) is 29.3 Å². The first-order valence-electron chi connectivity index (χ1n) is 8.74. The third-order valence-electron chi connectivity index (χ3n) is 4.87. The maximum absolute atomic E-state index is 4.65. The lowest BCUT2D eigenvalue weighted by atomic mass is 9.64. The number of rotatable bonds is 6. The molecule has 0 amide bonds. The van der Waals surface area contributed by atoms with Gasteiger partial charge >= 0.3 is 0 Å². The van der Waals surface area contributed by atoms with Crippen molar-refractivity contribution in [1.82, 2.24) is 25.4 Å². The van der Waals surface area contributed by atoms with Crippen LogP contribution in [0.4, 0.5) is 0 Å². The third-order valence-corrected chi connectivity index (χ3v) is 5.36. The van der Waals surface area contributed by atoms with Crippen molar-refractivity contribution in [3.63, 3.8) is 0 Å². The van der Waals surface area contributed by atoms with E-state index in [2.05, 4.69) is 72.8 Å². The highest BCUT2D eigenvalue weighted by molar-refractivity contribution is 14.0. The maximum atomic E-state index is 4.65. The summed E-state index contributed by atoms with van der Waals surface area (Å²) in [5.74, 6) is 1.68. The minimum Gasteiger partial charge on any atom is -0.357 e. The van der Waals surface area contributed by atoms with E-state index in [1.165, 1.54) is 24.8 Å². The van der Waals surface area contributed by atoms with E-state index in [1.807, 2.05) is 7.05 Å². The van der Waals surface area contributed by atoms with Crippen molar-refractivity contribution in [3.8, 4) is 0 Å². The molecule has 2 aromatic rings. The molecule has 2 N–H and O–H groups in total. The second kappa shape index (κ2) is 9.68. The van der Waals surface area contributed by atoms with Crippen LogP contribution in [0.5, 0.6) is 0 Å². The summed E-state index contributed by atoms with van der Waals surface area (Å²) in [6.45, 7) is 4.30. The van der Waals surface area contributed by atoms with E-state index < -0.39 is 0 Å². The molecule has 8 heteroatoms. The normalized spacial score (nSPS) is 15.7. The molecule has 1 heterocycles. The van der Waals surface area contributed by atoms with Crippen LogP contribution in [0.25, 0.3) is 0 Å². The zero-order valence-electron chi connectivity index (χ0n) is 15.2. The van der Waals surface area contributed by atoms with Crippen LogP contribution in [0.1, 0.15) is 37.6 Å². The van der Waals surface area contributed by atoms with Crippen molar-refractivity contribution in [2.75, 3.05) is 13.1 Å². The fraction of sp³-hybridized carbons (Fsp3) is 0.500. The van der Waals surface area contributed by atoms with Gasteiger partial charge in [0.2, 0.25) is 0 Å². The first-order chi connectivity index (χ1) is 12.1. The lowest BCUT2D eigenvalue weighted by Gasteiger charge is -2.43. The van der Waals surface area contributed by atoms with Gasteiger partial charge in [-0.1, -0.05) is 34.5 Å². The SMILES string of the molecule is CCNC(=NCc1ncnn1C)NCC1(c2cccc(Br)c2)CCC1.I. The number of nitrogens with one attached hydrogen (secondary N) is 2. The second-order valence-corrected chi connectivity index (χ2v) is 7.41. The molecule has 0 unspecified atom stereocenters. The van der Waals surface area contributed by atoms with Crippen LogP contribution >= 0.6 is 39.9 Å². The smallest absolute Gasteiger partial charge is 0.191 e. The molecule has 0 aliphatic heterocycles. The molecule has 1 fully saturated rings. The van der Waals surface area contributed by atoms with Crippen molar-refractivity contribution in [2.24, 2.45) is 12.0 Å². The molecule has 0 spiro atoms. The summed E-state index contributed by atoms with van der Waals surface area (Å²) >= 11 is 3.59. The first-order valence-corrected chi connectivity index (χ1v) is 9.53. The summed E-state index contributed by atoms with van der Waals surface area (Å²) in [6, 6.07) is 8.67. The zero-order chi connectivity index (χ0) is 17.7. The van der Waals surface area contributed by atoms with Crippen molar-refractivity contribution >= 4 is 45.9 Å². The Bertz CT molecular complexity index is 741. The van der Waals surface area contributed by atoms with E-state index in [9.17, 15) is 0 Å². The molecular formula is C18H26BrIN6. The molecule has 1 saturated carbocycles. The van der Waals surface area contributed by atoms with Crippen molar-refractivity contribution in [2.45, 2.75) is 38.1 Å². The number of hydrogen-bond donors (Lipinski definition) is 2. The van der Waals surface area contributed by atoms with Gasteiger partial charge in [0.1, 0.15) is 18.7 Å². The molecule has 0 radical (unpaired) electrons. The number of aryl methyl sites for hydroxylation is 1. The van der Waals surface area contributed by atoms with Crippen LogP contribution in [-0.2, 0) is 19.0 Å². The van der Waals surface area contributed by atoms with Gasteiger partial charge in [-0.25, -0.2) is 9.98 Å². The van der Waals surface area contributed by atoms with Gasteiger partial charge in [-0.05, 0) is 37.5 Å². The van der Waals surface area contributed by atoms with E-state index in [0.29, 0.717) is 6.54 Å². The highest BCUT2D eigenvalue weighted by Crippen LogP contribution is 2.43. The molecule has 1 aromatic carbocycles. The Morgan fingerprint density at radius 3 is 2.73 bits per heavy atom. The fourth-order valence-electron chi connectivity index (χ4n) is 3.20. The lowest BCUT2D eigenvalue weighted by molar-refractivity contribution is 0.243. The molecule has 6 nitrogen and oxygen atoms in total. The summed E-state index contributed by atoms with van der Waals surface area (Å²) in [5, 5.41) is 10.9. The summed E-state index contributed by atoms with van der Waals surface area (Å²) in [6.07, 6.45) is 5.25. The maximum Gasteiger partial charge on any atom is 0.191 e. The Morgan fingerprint density at radius 1 is 1.35 bits per heavy atom. The number of hydrogen-bond acceptors (Lipinski definition) is 3. The largest absolute Gasteiger partial charge is 0.357 e. The van der Waals surface area contributed by atoms with Gasteiger partial charge in [0.05, 0.1) is 0 Å². The summed E-state index contributed by atoms with van der Waals surface area (Å²) < 4.78 is 2.89. The molecule has 0 bridgehead atoms. The molecule has 26 heavy (non-hydrogen) atoms. The number of aromatic nitrogens is 3. The number of aliphatic imine (C=N–C) groups is 1. The minimum absolute atomic E-state index is 0. The first kappa shape index (κ1) is 21.1. The molecule has 1 aliphatic carbocycles. The van der Waals surface area contributed by atoms with Crippen molar-refractivity contribution in [3.05, 3.63) is 46.5 Å². The third kappa shape index (κ3) is 4.97. The highest BCUT2D eigenvalue weighted by Gasteiger charge is 2.38. The number of halogens is 2. The van der Waals surface area contributed by atoms with Gasteiger partial charge in [0.25, 0.3) is 0 Å². The van der Waals surface area contributed by atoms with E-state index >= 15 is 0 Å².